The number of carboxylic acid groups (broad SMARTS) is 1. The number of hydrogen-bond donors (Lipinski definition) is 1. The third-order valence-corrected chi connectivity index (χ3v) is 5.58. The van der Waals surface area contributed by atoms with Crippen LogP contribution in [0.5, 0.6) is 0 Å². The van der Waals surface area contributed by atoms with E-state index in [0.717, 1.165) is 6.42 Å². The van der Waals surface area contributed by atoms with E-state index in [9.17, 15) is 13.2 Å². The SMILES string of the molecule is CC1(C)CCC(CS(=O)(=O)c2ccc(C(=O)O)c(Cl)c2)O1. The van der Waals surface area contributed by atoms with Gasteiger partial charge in [-0.15, -0.1) is 0 Å². The van der Waals surface area contributed by atoms with Gasteiger partial charge >= 0.3 is 5.97 Å². The van der Waals surface area contributed by atoms with Crippen molar-refractivity contribution in [3.05, 3.63) is 28.8 Å². The monoisotopic (exact) mass is 332 g/mol. The second-order valence-corrected chi connectivity index (χ2v) is 8.21. The van der Waals surface area contributed by atoms with Crippen molar-refractivity contribution in [3.8, 4) is 0 Å². The second-order valence-electron chi connectivity index (χ2n) is 5.77. The maximum Gasteiger partial charge on any atom is 0.337 e. The molecule has 2 rings (SSSR count). The van der Waals surface area contributed by atoms with Crippen LogP contribution in [-0.4, -0.2) is 37.0 Å². The van der Waals surface area contributed by atoms with E-state index in [0.29, 0.717) is 6.42 Å². The largest absolute Gasteiger partial charge is 0.478 e. The zero-order chi connectivity index (χ0) is 15.8. The number of ether oxygens (including phenoxy) is 1. The molecule has 0 aromatic heterocycles. The van der Waals surface area contributed by atoms with Gasteiger partial charge in [-0.25, -0.2) is 13.2 Å². The van der Waals surface area contributed by atoms with Crippen molar-refractivity contribution in [1.29, 1.82) is 0 Å². The summed E-state index contributed by atoms with van der Waals surface area (Å²) in [5.74, 6) is -1.32. The minimum absolute atomic E-state index is 0.0193. The summed E-state index contributed by atoms with van der Waals surface area (Å²) in [6.45, 7) is 3.86. The summed E-state index contributed by atoms with van der Waals surface area (Å²) in [4.78, 5) is 10.9. The van der Waals surface area contributed by atoms with Crippen molar-refractivity contribution in [2.45, 2.75) is 43.3 Å². The van der Waals surface area contributed by atoms with Crippen LogP contribution >= 0.6 is 11.6 Å². The number of hydrogen-bond acceptors (Lipinski definition) is 4. The van der Waals surface area contributed by atoms with E-state index in [1.54, 1.807) is 0 Å². The highest BCUT2D eigenvalue weighted by Crippen LogP contribution is 2.31. The van der Waals surface area contributed by atoms with Gasteiger partial charge in [0.25, 0.3) is 0 Å². The van der Waals surface area contributed by atoms with Crippen LogP contribution in [0.3, 0.4) is 0 Å². The van der Waals surface area contributed by atoms with E-state index < -0.39 is 15.8 Å². The zero-order valence-electron chi connectivity index (χ0n) is 11.8. The third kappa shape index (κ3) is 3.75. The summed E-state index contributed by atoms with van der Waals surface area (Å²) >= 11 is 5.82. The topological polar surface area (TPSA) is 80.7 Å². The molecule has 7 heteroatoms. The number of sulfone groups is 1. The molecule has 0 saturated carbocycles. The maximum atomic E-state index is 12.3. The number of benzene rings is 1. The number of aromatic carboxylic acids is 1. The van der Waals surface area contributed by atoms with Gasteiger partial charge in [0.1, 0.15) is 0 Å². The summed E-state index contributed by atoms with van der Waals surface area (Å²) in [6.07, 6.45) is 1.15. The molecule has 0 radical (unpaired) electrons. The molecule has 1 aromatic carbocycles. The van der Waals surface area contributed by atoms with Crippen LogP contribution in [0.25, 0.3) is 0 Å². The van der Waals surface area contributed by atoms with Gasteiger partial charge in [-0.2, -0.15) is 0 Å². The molecule has 1 aromatic rings. The van der Waals surface area contributed by atoms with E-state index in [-0.39, 0.29) is 32.9 Å². The van der Waals surface area contributed by atoms with Crippen molar-refractivity contribution in [1.82, 2.24) is 0 Å². The van der Waals surface area contributed by atoms with Gasteiger partial charge in [0.2, 0.25) is 0 Å². The fourth-order valence-corrected chi connectivity index (χ4v) is 4.21. The average molecular weight is 333 g/mol. The standard InChI is InChI=1S/C14H17ClO5S/c1-14(2)6-5-9(20-14)8-21(18,19)10-3-4-11(13(16)17)12(15)7-10/h3-4,7,9H,5-6,8H2,1-2H3,(H,16,17). The van der Waals surface area contributed by atoms with Crippen molar-refractivity contribution in [2.75, 3.05) is 5.75 Å². The number of carboxylic acids is 1. The molecule has 1 saturated heterocycles. The van der Waals surface area contributed by atoms with Gasteiger partial charge in [-0.1, -0.05) is 11.6 Å². The predicted octanol–water partition coefficient (Wildman–Crippen LogP) is 2.77. The molecule has 1 aliphatic heterocycles. The van der Waals surface area contributed by atoms with Crippen LogP contribution in [0, 0.1) is 0 Å². The Morgan fingerprint density at radius 2 is 2.14 bits per heavy atom. The van der Waals surface area contributed by atoms with E-state index >= 15 is 0 Å². The fraction of sp³-hybridized carbons (Fsp3) is 0.500. The lowest BCUT2D eigenvalue weighted by Crippen LogP contribution is -2.25. The lowest BCUT2D eigenvalue weighted by Gasteiger charge is -2.19. The summed E-state index contributed by atoms with van der Waals surface area (Å²) in [5.41, 5.74) is -0.417. The molecule has 1 N–H and O–H groups in total. The van der Waals surface area contributed by atoms with Crippen LogP contribution in [0.2, 0.25) is 5.02 Å². The molecule has 1 unspecified atom stereocenters. The first kappa shape index (κ1) is 16.3. The fourth-order valence-electron chi connectivity index (χ4n) is 2.40. The molecule has 0 amide bonds. The molecule has 5 nitrogen and oxygen atoms in total. The molecule has 1 fully saturated rings. The van der Waals surface area contributed by atoms with Crippen LogP contribution in [-0.2, 0) is 14.6 Å². The first-order valence-electron chi connectivity index (χ1n) is 6.54. The molecule has 21 heavy (non-hydrogen) atoms. The number of rotatable bonds is 4. The van der Waals surface area contributed by atoms with E-state index in [4.69, 9.17) is 21.4 Å². The Hall–Kier alpha value is -1.11. The molecule has 116 valence electrons. The van der Waals surface area contributed by atoms with Crippen molar-refractivity contribution in [2.24, 2.45) is 0 Å². The van der Waals surface area contributed by atoms with Gasteiger partial charge in [0.15, 0.2) is 9.84 Å². The van der Waals surface area contributed by atoms with E-state index in [1.165, 1.54) is 18.2 Å². The summed E-state index contributed by atoms with van der Waals surface area (Å²) < 4.78 is 30.4. The van der Waals surface area contributed by atoms with E-state index in [1.807, 2.05) is 13.8 Å². The highest BCUT2D eigenvalue weighted by atomic mass is 35.5. The lowest BCUT2D eigenvalue weighted by molar-refractivity contribution is -0.00528. The Balaban J connectivity index is 2.20. The van der Waals surface area contributed by atoms with Gasteiger partial charge in [0.05, 0.1) is 32.9 Å². The molecule has 1 atom stereocenters. The van der Waals surface area contributed by atoms with Crippen LogP contribution in [0.1, 0.15) is 37.0 Å². The second kappa shape index (κ2) is 5.59. The minimum atomic E-state index is -3.56. The minimum Gasteiger partial charge on any atom is -0.478 e. The zero-order valence-corrected chi connectivity index (χ0v) is 13.4. The van der Waals surface area contributed by atoms with Crippen LogP contribution in [0.4, 0.5) is 0 Å². The van der Waals surface area contributed by atoms with Crippen LogP contribution < -0.4 is 0 Å². The van der Waals surface area contributed by atoms with E-state index in [2.05, 4.69) is 0 Å². The summed E-state index contributed by atoms with van der Waals surface area (Å²) in [6, 6.07) is 3.65. The quantitative estimate of drug-likeness (QED) is 0.917. The van der Waals surface area contributed by atoms with Gasteiger partial charge in [-0.3, -0.25) is 0 Å². The molecule has 0 spiro atoms. The summed E-state index contributed by atoms with van der Waals surface area (Å²) in [5, 5.41) is 8.81. The Bertz CT molecular complexity index is 666. The van der Waals surface area contributed by atoms with Gasteiger partial charge < -0.3 is 9.84 Å². The lowest BCUT2D eigenvalue weighted by atomic mass is 10.1. The normalized spacial score (nSPS) is 21.4. The Morgan fingerprint density at radius 1 is 1.48 bits per heavy atom. The Kier molecular flexibility index (Phi) is 4.33. The molecular formula is C14H17ClO5S. The van der Waals surface area contributed by atoms with Crippen LogP contribution in [0.15, 0.2) is 23.1 Å². The third-order valence-electron chi connectivity index (χ3n) is 3.49. The Labute approximate surface area is 128 Å². The first-order chi connectivity index (χ1) is 9.61. The van der Waals surface area contributed by atoms with Crippen molar-refractivity contribution in [3.63, 3.8) is 0 Å². The van der Waals surface area contributed by atoms with Crippen molar-refractivity contribution < 1.29 is 23.1 Å². The Morgan fingerprint density at radius 3 is 2.62 bits per heavy atom. The first-order valence-corrected chi connectivity index (χ1v) is 8.57. The average Bonchev–Trinajstić information content (AvgIpc) is 2.67. The van der Waals surface area contributed by atoms with Gasteiger partial charge in [-0.05, 0) is 44.9 Å². The number of carbonyl (C=O) groups is 1. The number of halogens is 1. The highest BCUT2D eigenvalue weighted by Gasteiger charge is 2.34. The maximum absolute atomic E-state index is 12.3. The molecule has 1 aliphatic rings. The summed E-state index contributed by atoms with van der Waals surface area (Å²) in [7, 11) is -3.56. The molecule has 0 bridgehead atoms. The van der Waals surface area contributed by atoms with Gasteiger partial charge in [0, 0.05) is 0 Å². The molecule has 1 heterocycles. The predicted molar refractivity (Wildman–Crippen MR) is 78.7 cm³/mol. The smallest absolute Gasteiger partial charge is 0.337 e. The molecule has 0 aliphatic carbocycles. The van der Waals surface area contributed by atoms with Crippen molar-refractivity contribution >= 4 is 27.4 Å². The molecular weight excluding hydrogens is 316 g/mol. The highest BCUT2D eigenvalue weighted by molar-refractivity contribution is 7.91.